The van der Waals surface area contributed by atoms with Crippen molar-refractivity contribution >= 4 is 35.3 Å². The van der Waals surface area contributed by atoms with E-state index in [1.165, 1.54) is 0 Å². The first-order valence-electron chi connectivity index (χ1n) is 9.09. The molecule has 1 saturated carbocycles. The molecule has 1 aliphatic carbocycles. The third kappa shape index (κ3) is 2.74. The standard InChI is InChI=1S/C19H19N3O6/c1-21(11-6-9(7-11)19(27)28)10-2-3-12-13(8-10)18(26)22(17(12)25)14-4-5-15(23)20-16(14)24/h2-3,8-9,11,14H,4-7H2,1H3,(H,27,28)(H,20,23,24). The molecule has 2 fully saturated rings. The predicted molar refractivity (Wildman–Crippen MR) is 95.7 cm³/mol. The molecule has 0 bridgehead atoms. The maximum atomic E-state index is 12.8. The van der Waals surface area contributed by atoms with Crippen molar-refractivity contribution in [2.24, 2.45) is 5.92 Å². The van der Waals surface area contributed by atoms with Crippen LogP contribution in [0.25, 0.3) is 0 Å². The second kappa shape index (κ2) is 6.43. The number of amides is 4. The van der Waals surface area contributed by atoms with E-state index in [1.807, 2.05) is 11.9 Å². The molecular formula is C19H19N3O6. The van der Waals surface area contributed by atoms with Gasteiger partial charge in [0, 0.05) is 25.2 Å². The van der Waals surface area contributed by atoms with Gasteiger partial charge in [0.1, 0.15) is 6.04 Å². The van der Waals surface area contributed by atoms with Crippen molar-refractivity contribution < 1.29 is 29.1 Å². The molecular weight excluding hydrogens is 366 g/mol. The zero-order valence-corrected chi connectivity index (χ0v) is 15.2. The van der Waals surface area contributed by atoms with Crippen molar-refractivity contribution in [1.82, 2.24) is 10.2 Å². The van der Waals surface area contributed by atoms with E-state index in [0.29, 0.717) is 18.5 Å². The average molecular weight is 385 g/mol. The molecule has 4 amide bonds. The summed E-state index contributed by atoms with van der Waals surface area (Å²) in [6.45, 7) is 0. The monoisotopic (exact) mass is 385 g/mol. The van der Waals surface area contributed by atoms with Gasteiger partial charge in [-0.25, -0.2) is 0 Å². The number of carbonyl (C=O) groups is 5. The molecule has 3 aliphatic rings. The first-order valence-corrected chi connectivity index (χ1v) is 9.09. The minimum atomic E-state index is -0.991. The van der Waals surface area contributed by atoms with Crippen LogP contribution in [0, 0.1) is 5.92 Å². The zero-order valence-electron chi connectivity index (χ0n) is 15.2. The highest BCUT2D eigenvalue weighted by Crippen LogP contribution is 2.36. The smallest absolute Gasteiger partial charge is 0.306 e. The van der Waals surface area contributed by atoms with E-state index in [9.17, 15) is 24.0 Å². The van der Waals surface area contributed by atoms with Crippen LogP contribution in [0.5, 0.6) is 0 Å². The lowest BCUT2D eigenvalue weighted by atomic mass is 9.79. The SMILES string of the molecule is CN(c1ccc2c(c1)C(=O)N(C1CCC(=O)NC1=O)C2=O)C1CC(C(=O)O)C1. The van der Waals surface area contributed by atoms with Crippen LogP contribution in [0.15, 0.2) is 18.2 Å². The summed E-state index contributed by atoms with van der Waals surface area (Å²) in [4.78, 5) is 62.8. The number of carboxylic acids is 1. The third-order valence-corrected chi connectivity index (χ3v) is 5.84. The van der Waals surface area contributed by atoms with E-state index >= 15 is 0 Å². The van der Waals surface area contributed by atoms with Gasteiger partial charge in [0.15, 0.2) is 0 Å². The maximum absolute atomic E-state index is 12.8. The molecule has 1 aromatic rings. The Bertz CT molecular complexity index is 920. The molecule has 2 aliphatic heterocycles. The summed E-state index contributed by atoms with van der Waals surface area (Å²) in [5, 5.41) is 11.2. The number of rotatable bonds is 4. The fourth-order valence-corrected chi connectivity index (χ4v) is 3.99. The minimum Gasteiger partial charge on any atom is -0.481 e. The maximum Gasteiger partial charge on any atom is 0.306 e. The lowest BCUT2D eigenvalue weighted by Gasteiger charge is -2.40. The van der Waals surface area contributed by atoms with Crippen LogP contribution < -0.4 is 10.2 Å². The number of hydrogen-bond donors (Lipinski definition) is 2. The topological polar surface area (TPSA) is 124 Å². The molecule has 9 nitrogen and oxygen atoms in total. The normalized spacial score (nSPS) is 26.6. The summed E-state index contributed by atoms with van der Waals surface area (Å²) in [6.07, 6.45) is 1.24. The molecule has 2 N–H and O–H groups in total. The van der Waals surface area contributed by atoms with Crippen LogP contribution in [-0.4, -0.2) is 58.7 Å². The highest BCUT2D eigenvalue weighted by molar-refractivity contribution is 6.23. The summed E-state index contributed by atoms with van der Waals surface area (Å²) in [7, 11) is 1.82. The van der Waals surface area contributed by atoms with E-state index < -0.39 is 35.6 Å². The zero-order chi connectivity index (χ0) is 20.2. The molecule has 1 atom stereocenters. The van der Waals surface area contributed by atoms with Crippen molar-refractivity contribution in [3.05, 3.63) is 29.3 Å². The fourth-order valence-electron chi connectivity index (χ4n) is 3.99. The van der Waals surface area contributed by atoms with Crippen LogP contribution in [0.1, 0.15) is 46.4 Å². The van der Waals surface area contributed by atoms with Gasteiger partial charge in [-0.05, 0) is 37.5 Å². The van der Waals surface area contributed by atoms with Crippen molar-refractivity contribution in [2.75, 3.05) is 11.9 Å². The molecule has 1 saturated heterocycles. The number of carboxylic acid groups (broad SMARTS) is 1. The van der Waals surface area contributed by atoms with E-state index in [2.05, 4.69) is 5.32 Å². The summed E-state index contributed by atoms with van der Waals surface area (Å²) < 4.78 is 0. The van der Waals surface area contributed by atoms with Gasteiger partial charge < -0.3 is 10.0 Å². The summed E-state index contributed by atoms with van der Waals surface area (Å²) >= 11 is 0. The minimum absolute atomic E-state index is 0.0533. The molecule has 146 valence electrons. The predicted octanol–water partition coefficient (Wildman–Crippen LogP) is 0.387. The van der Waals surface area contributed by atoms with Crippen molar-refractivity contribution in [3.63, 3.8) is 0 Å². The van der Waals surface area contributed by atoms with Crippen LogP contribution in [0.3, 0.4) is 0 Å². The van der Waals surface area contributed by atoms with Gasteiger partial charge in [0.25, 0.3) is 11.8 Å². The van der Waals surface area contributed by atoms with Gasteiger partial charge in [-0.3, -0.25) is 34.2 Å². The highest BCUT2D eigenvalue weighted by atomic mass is 16.4. The summed E-state index contributed by atoms with van der Waals surface area (Å²) in [5.41, 5.74) is 1.15. The Morgan fingerprint density at radius 1 is 1.14 bits per heavy atom. The van der Waals surface area contributed by atoms with Crippen LogP contribution in [0.4, 0.5) is 5.69 Å². The molecule has 1 unspecified atom stereocenters. The Kier molecular flexibility index (Phi) is 4.17. The highest BCUT2D eigenvalue weighted by Gasteiger charge is 2.45. The number of nitrogens with zero attached hydrogens (tertiary/aromatic N) is 2. The van der Waals surface area contributed by atoms with Gasteiger partial charge >= 0.3 is 5.97 Å². The van der Waals surface area contributed by atoms with Gasteiger partial charge in [0.2, 0.25) is 11.8 Å². The quantitative estimate of drug-likeness (QED) is 0.718. The number of imide groups is 2. The van der Waals surface area contributed by atoms with Crippen molar-refractivity contribution in [2.45, 2.75) is 37.8 Å². The molecule has 1 aromatic carbocycles. The molecule has 2 heterocycles. The molecule has 4 rings (SSSR count). The van der Waals surface area contributed by atoms with E-state index in [1.54, 1.807) is 18.2 Å². The van der Waals surface area contributed by atoms with Crippen LogP contribution >= 0.6 is 0 Å². The third-order valence-electron chi connectivity index (χ3n) is 5.84. The second-order valence-corrected chi connectivity index (χ2v) is 7.45. The van der Waals surface area contributed by atoms with E-state index in [0.717, 1.165) is 4.90 Å². The number of anilines is 1. The summed E-state index contributed by atoms with van der Waals surface area (Å²) in [6, 6.07) is 3.94. The molecule has 28 heavy (non-hydrogen) atoms. The number of piperidine rings is 1. The second-order valence-electron chi connectivity index (χ2n) is 7.45. The Labute approximate surface area is 160 Å². The number of nitrogens with one attached hydrogen (secondary N) is 1. The Morgan fingerprint density at radius 2 is 1.82 bits per heavy atom. The van der Waals surface area contributed by atoms with Gasteiger partial charge in [0.05, 0.1) is 17.0 Å². The van der Waals surface area contributed by atoms with E-state index in [-0.39, 0.29) is 35.9 Å². The van der Waals surface area contributed by atoms with Crippen molar-refractivity contribution in [3.8, 4) is 0 Å². The lowest BCUT2D eigenvalue weighted by Crippen LogP contribution is -2.54. The van der Waals surface area contributed by atoms with Crippen molar-refractivity contribution in [1.29, 1.82) is 0 Å². The lowest BCUT2D eigenvalue weighted by molar-refractivity contribution is -0.145. The Morgan fingerprint density at radius 3 is 2.46 bits per heavy atom. The summed E-state index contributed by atoms with van der Waals surface area (Å²) in [5.74, 6) is -3.31. The van der Waals surface area contributed by atoms with Gasteiger partial charge in [-0.2, -0.15) is 0 Å². The van der Waals surface area contributed by atoms with Crippen LogP contribution in [-0.2, 0) is 14.4 Å². The van der Waals surface area contributed by atoms with Gasteiger partial charge in [-0.15, -0.1) is 0 Å². The first-order chi connectivity index (χ1) is 13.3. The van der Waals surface area contributed by atoms with Gasteiger partial charge in [-0.1, -0.05) is 0 Å². The van der Waals surface area contributed by atoms with E-state index in [4.69, 9.17) is 5.11 Å². The molecule has 9 heteroatoms. The van der Waals surface area contributed by atoms with Crippen LogP contribution in [0.2, 0.25) is 0 Å². The first kappa shape index (κ1) is 18.1. The largest absolute Gasteiger partial charge is 0.481 e. The average Bonchev–Trinajstić information content (AvgIpc) is 2.84. The molecule has 0 radical (unpaired) electrons. The Balaban J connectivity index is 1.55. The number of benzene rings is 1. The Hall–Kier alpha value is -3.23. The number of hydrogen-bond acceptors (Lipinski definition) is 6. The number of fused-ring (bicyclic) bond motifs is 1. The number of carbonyl (C=O) groups excluding carboxylic acids is 4. The molecule has 0 aromatic heterocycles. The molecule has 0 spiro atoms. The number of aliphatic carboxylic acids is 1. The fraction of sp³-hybridized carbons (Fsp3) is 0.421.